The molecule has 0 bridgehead atoms. The first-order chi connectivity index (χ1) is 8.01. The van der Waals surface area contributed by atoms with Crippen LogP contribution < -0.4 is 5.32 Å². The number of allylic oxidation sites excluding steroid dienone is 2. The van der Waals surface area contributed by atoms with E-state index in [1.807, 2.05) is 20.8 Å². The molecular formula is C10H15ClN2O4S. The van der Waals surface area contributed by atoms with Gasteiger partial charge in [0.25, 0.3) is 9.05 Å². The van der Waals surface area contributed by atoms with E-state index >= 15 is 0 Å². The van der Waals surface area contributed by atoms with Crippen LogP contribution in [0.1, 0.15) is 20.8 Å². The third kappa shape index (κ3) is 3.64. The van der Waals surface area contributed by atoms with E-state index < -0.39 is 20.7 Å². The summed E-state index contributed by atoms with van der Waals surface area (Å²) in [5, 5.41) is 11.0. The Morgan fingerprint density at radius 2 is 2.00 bits per heavy atom. The fourth-order valence-corrected chi connectivity index (χ4v) is 2.35. The number of hydrogen-bond acceptors (Lipinski definition) is 4. The van der Waals surface area contributed by atoms with Crippen molar-refractivity contribution in [2.24, 2.45) is 0 Å². The monoisotopic (exact) mass is 294 g/mol. The molecule has 1 heterocycles. The lowest BCUT2D eigenvalue weighted by Crippen LogP contribution is -2.48. The van der Waals surface area contributed by atoms with Crippen molar-refractivity contribution in [1.29, 1.82) is 0 Å². The molecule has 0 aliphatic carbocycles. The molecular weight excluding hydrogens is 280 g/mol. The van der Waals surface area contributed by atoms with Crippen LogP contribution in [0.2, 0.25) is 0 Å². The maximum atomic E-state index is 11.3. The van der Waals surface area contributed by atoms with Crippen LogP contribution in [0.25, 0.3) is 0 Å². The predicted octanol–water partition coefficient (Wildman–Crippen LogP) is 1.66. The number of nitrogens with zero attached hydrogens (tertiary/aromatic N) is 1. The molecule has 1 aliphatic heterocycles. The summed E-state index contributed by atoms with van der Waals surface area (Å²) in [5.74, 6) is 0.319. The van der Waals surface area contributed by atoms with Gasteiger partial charge in [-0.1, -0.05) is 0 Å². The summed E-state index contributed by atoms with van der Waals surface area (Å²) < 4.78 is 22.6. The van der Waals surface area contributed by atoms with Crippen molar-refractivity contribution in [1.82, 2.24) is 10.2 Å². The van der Waals surface area contributed by atoms with Crippen LogP contribution >= 0.6 is 10.7 Å². The lowest BCUT2D eigenvalue weighted by Gasteiger charge is -2.40. The topological polar surface area (TPSA) is 86.7 Å². The fraction of sp³-hybridized carbons (Fsp3) is 0.500. The van der Waals surface area contributed by atoms with Crippen molar-refractivity contribution in [2.75, 3.05) is 6.54 Å². The molecule has 0 aromatic rings. The summed E-state index contributed by atoms with van der Waals surface area (Å²) in [4.78, 5) is 12.3. The van der Waals surface area contributed by atoms with Crippen molar-refractivity contribution in [3.63, 3.8) is 0 Å². The highest BCUT2D eigenvalue weighted by molar-refractivity contribution is 8.16. The largest absolute Gasteiger partial charge is 0.465 e. The zero-order chi connectivity index (χ0) is 14.1. The molecule has 1 aliphatic rings. The minimum Gasteiger partial charge on any atom is -0.465 e. The number of halogens is 1. The van der Waals surface area contributed by atoms with E-state index in [2.05, 4.69) is 5.32 Å². The average molecular weight is 295 g/mol. The fourth-order valence-electron chi connectivity index (χ4n) is 1.53. The molecule has 0 aromatic heterocycles. The highest BCUT2D eigenvalue weighted by atomic mass is 35.7. The molecule has 102 valence electrons. The predicted molar refractivity (Wildman–Crippen MR) is 68.6 cm³/mol. The van der Waals surface area contributed by atoms with Gasteiger partial charge in [-0.05, 0) is 32.9 Å². The summed E-state index contributed by atoms with van der Waals surface area (Å²) in [7, 11) is 1.49. The Morgan fingerprint density at radius 3 is 2.39 bits per heavy atom. The van der Waals surface area contributed by atoms with Gasteiger partial charge in [0.1, 0.15) is 5.82 Å². The molecule has 0 saturated heterocycles. The molecule has 1 amide bonds. The number of rotatable bonds is 2. The molecule has 0 radical (unpaired) electrons. The molecule has 1 rings (SSSR count). The maximum absolute atomic E-state index is 11.3. The van der Waals surface area contributed by atoms with Gasteiger partial charge in [0.15, 0.2) is 0 Å². The van der Waals surface area contributed by atoms with Crippen molar-refractivity contribution in [2.45, 2.75) is 26.3 Å². The minimum absolute atomic E-state index is 0.0292. The SMILES string of the molecule is CC(C)(C)N1CC(S(=O)(=O)Cl)=CC=C1NC(=O)O. The Labute approximate surface area is 110 Å². The summed E-state index contributed by atoms with van der Waals surface area (Å²) in [6.45, 7) is 5.55. The number of amides is 1. The average Bonchev–Trinajstić information content (AvgIpc) is 2.13. The van der Waals surface area contributed by atoms with E-state index in [1.54, 1.807) is 4.90 Å². The number of carbonyl (C=O) groups is 1. The standard InChI is InChI=1S/C10H15ClN2O4S/c1-10(2,3)13-6-7(18(11,16)17)4-5-8(13)12-9(14)15/h4-5,12H,6H2,1-3H3,(H,14,15). The van der Waals surface area contributed by atoms with Crippen molar-refractivity contribution < 1.29 is 18.3 Å². The molecule has 0 atom stereocenters. The van der Waals surface area contributed by atoms with Gasteiger partial charge in [0.05, 0.1) is 11.4 Å². The molecule has 6 nitrogen and oxygen atoms in total. The molecule has 0 fully saturated rings. The van der Waals surface area contributed by atoms with E-state index in [9.17, 15) is 13.2 Å². The first kappa shape index (κ1) is 14.8. The van der Waals surface area contributed by atoms with Gasteiger partial charge in [-0.15, -0.1) is 0 Å². The molecule has 0 saturated carbocycles. The van der Waals surface area contributed by atoms with Gasteiger partial charge in [0, 0.05) is 16.2 Å². The molecule has 0 aromatic carbocycles. The van der Waals surface area contributed by atoms with E-state index in [0.29, 0.717) is 5.82 Å². The Hall–Kier alpha value is -1.21. The van der Waals surface area contributed by atoms with Gasteiger partial charge in [0.2, 0.25) is 0 Å². The Morgan fingerprint density at radius 1 is 1.44 bits per heavy atom. The van der Waals surface area contributed by atoms with Gasteiger partial charge < -0.3 is 10.0 Å². The zero-order valence-corrected chi connectivity index (χ0v) is 11.8. The van der Waals surface area contributed by atoms with Crippen LogP contribution in [0.4, 0.5) is 4.79 Å². The maximum Gasteiger partial charge on any atom is 0.410 e. The van der Waals surface area contributed by atoms with E-state index in [-0.39, 0.29) is 11.4 Å². The van der Waals surface area contributed by atoms with E-state index in [0.717, 1.165) is 0 Å². The summed E-state index contributed by atoms with van der Waals surface area (Å²) in [6, 6.07) is 0. The third-order valence-electron chi connectivity index (χ3n) is 2.39. The molecule has 0 spiro atoms. The summed E-state index contributed by atoms with van der Waals surface area (Å²) in [6.07, 6.45) is 1.48. The second-order valence-corrected chi connectivity index (χ2v) is 7.43. The summed E-state index contributed by atoms with van der Waals surface area (Å²) >= 11 is 0. The smallest absolute Gasteiger partial charge is 0.410 e. The minimum atomic E-state index is -3.80. The molecule has 8 heteroatoms. The van der Waals surface area contributed by atoms with Crippen molar-refractivity contribution in [3.8, 4) is 0 Å². The van der Waals surface area contributed by atoms with Gasteiger partial charge in [-0.2, -0.15) is 0 Å². The Kier molecular flexibility index (Phi) is 3.97. The summed E-state index contributed by atoms with van der Waals surface area (Å²) in [5.41, 5.74) is -0.449. The van der Waals surface area contributed by atoms with Crippen LogP contribution in [0.15, 0.2) is 22.9 Å². The zero-order valence-electron chi connectivity index (χ0n) is 10.3. The van der Waals surface area contributed by atoms with Gasteiger partial charge in [-0.25, -0.2) is 13.2 Å². The van der Waals surface area contributed by atoms with Crippen LogP contribution in [0.3, 0.4) is 0 Å². The number of hydrogen-bond donors (Lipinski definition) is 2. The first-order valence-electron chi connectivity index (χ1n) is 5.15. The van der Waals surface area contributed by atoms with Crippen molar-refractivity contribution >= 4 is 25.8 Å². The van der Waals surface area contributed by atoms with Crippen LogP contribution in [-0.4, -0.2) is 36.6 Å². The number of carboxylic acid groups (broad SMARTS) is 1. The molecule has 18 heavy (non-hydrogen) atoms. The van der Waals surface area contributed by atoms with Gasteiger partial charge in [-0.3, -0.25) is 5.32 Å². The van der Waals surface area contributed by atoms with Crippen molar-refractivity contribution in [3.05, 3.63) is 22.9 Å². The van der Waals surface area contributed by atoms with Crippen LogP contribution in [0.5, 0.6) is 0 Å². The Bertz CT molecular complexity index is 516. The molecule has 2 N–H and O–H groups in total. The van der Waals surface area contributed by atoms with Crippen LogP contribution in [-0.2, 0) is 9.05 Å². The quantitative estimate of drug-likeness (QED) is 0.756. The first-order valence-corrected chi connectivity index (χ1v) is 7.46. The lowest BCUT2D eigenvalue weighted by atomic mass is 10.0. The number of nitrogens with one attached hydrogen (secondary N) is 1. The second kappa shape index (κ2) is 4.81. The molecule has 0 unspecified atom stereocenters. The second-order valence-electron chi connectivity index (χ2n) is 4.81. The van der Waals surface area contributed by atoms with E-state index in [4.69, 9.17) is 15.8 Å². The van der Waals surface area contributed by atoms with Gasteiger partial charge >= 0.3 is 6.09 Å². The Balaban J connectivity index is 3.16. The van der Waals surface area contributed by atoms with E-state index in [1.165, 1.54) is 12.2 Å². The highest BCUT2D eigenvalue weighted by Crippen LogP contribution is 2.26. The lowest BCUT2D eigenvalue weighted by molar-refractivity contribution is 0.168. The third-order valence-corrected chi connectivity index (χ3v) is 3.88. The highest BCUT2D eigenvalue weighted by Gasteiger charge is 2.30. The normalized spacial score (nSPS) is 17.0. The van der Waals surface area contributed by atoms with Crippen LogP contribution in [0, 0.1) is 0 Å².